The predicted molar refractivity (Wildman–Crippen MR) is 72.7 cm³/mol. The number of hydroxylamine groups is 1. The molecule has 0 atom stereocenters. The standard InChI is InChI=1S/C13H19N3OS/c1-9-8-16-12(10(2)15-13(16)18-9)7-14-17-11-5-3-4-6-11/h8,11,14H,3-7H2,1-2H3. The Morgan fingerprint density at radius 1 is 1.44 bits per heavy atom. The molecule has 1 saturated carbocycles. The lowest BCUT2D eigenvalue weighted by Gasteiger charge is -2.11. The van der Waals surface area contributed by atoms with Crippen LogP contribution in [0.15, 0.2) is 6.20 Å². The highest BCUT2D eigenvalue weighted by atomic mass is 32.1. The van der Waals surface area contributed by atoms with Gasteiger partial charge in [0.1, 0.15) is 0 Å². The third-order valence-corrected chi connectivity index (χ3v) is 4.43. The molecule has 0 radical (unpaired) electrons. The van der Waals surface area contributed by atoms with Gasteiger partial charge in [0.25, 0.3) is 0 Å². The maximum absolute atomic E-state index is 5.70. The number of aromatic nitrogens is 2. The van der Waals surface area contributed by atoms with Crippen molar-refractivity contribution in [2.24, 2.45) is 0 Å². The summed E-state index contributed by atoms with van der Waals surface area (Å²) < 4.78 is 2.17. The normalized spacial score (nSPS) is 17.0. The summed E-state index contributed by atoms with van der Waals surface area (Å²) in [5.41, 5.74) is 5.40. The molecule has 5 heteroatoms. The van der Waals surface area contributed by atoms with Gasteiger partial charge in [0.2, 0.25) is 0 Å². The molecule has 4 nitrogen and oxygen atoms in total. The zero-order chi connectivity index (χ0) is 12.5. The average Bonchev–Trinajstić information content (AvgIpc) is 2.99. The Morgan fingerprint density at radius 3 is 3.00 bits per heavy atom. The van der Waals surface area contributed by atoms with E-state index in [4.69, 9.17) is 4.84 Å². The number of nitrogens with one attached hydrogen (secondary N) is 1. The molecule has 0 unspecified atom stereocenters. The van der Waals surface area contributed by atoms with Crippen molar-refractivity contribution in [3.63, 3.8) is 0 Å². The van der Waals surface area contributed by atoms with Crippen LogP contribution in [0.5, 0.6) is 0 Å². The Bertz CT molecular complexity index is 540. The molecule has 1 N–H and O–H groups in total. The molecule has 2 heterocycles. The zero-order valence-corrected chi connectivity index (χ0v) is 11.7. The van der Waals surface area contributed by atoms with E-state index in [9.17, 15) is 0 Å². The molecule has 2 aromatic rings. The molecule has 2 aromatic heterocycles. The first kappa shape index (κ1) is 12.1. The monoisotopic (exact) mass is 265 g/mol. The number of fused-ring (bicyclic) bond motifs is 1. The highest BCUT2D eigenvalue weighted by Gasteiger charge is 2.16. The van der Waals surface area contributed by atoms with E-state index < -0.39 is 0 Å². The van der Waals surface area contributed by atoms with Crippen molar-refractivity contribution in [1.29, 1.82) is 0 Å². The Hall–Kier alpha value is -0.910. The molecular formula is C13H19N3OS. The van der Waals surface area contributed by atoms with Gasteiger partial charge in [-0.15, -0.1) is 11.3 Å². The molecule has 1 aliphatic carbocycles. The Labute approximate surface area is 111 Å². The molecule has 0 amide bonds. The summed E-state index contributed by atoms with van der Waals surface area (Å²) in [6.07, 6.45) is 7.51. The molecular weight excluding hydrogens is 246 g/mol. The molecule has 1 aliphatic rings. The number of imidazole rings is 1. The van der Waals surface area contributed by atoms with E-state index in [2.05, 4.69) is 34.9 Å². The molecule has 3 rings (SSSR count). The van der Waals surface area contributed by atoms with Gasteiger partial charge in [-0.2, -0.15) is 5.48 Å². The van der Waals surface area contributed by atoms with Crippen molar-refractivity contribution < 1.29 is 4.84 Å². The minimum atomic E-state index is 0.401. The van der Waals surface area contributed by atoms with Crippen molar-refractivity contribution >= 4 is 16.3 Å². The Morgan fingerprint density at radius 2 is 2.22 bits per heavy atom. The maximum Gasteiger partial charge on any atom is 0.194 e. The third-order valence-electron chi connectivity index (χ3n) is 3.53. The second-order valence-electron chi connectivity index (χ2n) is 4.98. The molecule has 0 saturated heterocycles. The average molecular weight is 265 g/mol. The summed E-state index contributed by atoms with van der Waals surface area (Å²) in [6.45, 7) is 4.89. The van der Waals surface area contributed by atoms with Crippen LogP contribution in [0.3, 0.4) is 0 Å². The maximum atomic E-state index is 5.70. The van der Waals surface area contributed by atoms with Crippen LogP contribution in [-0.2, 0) is 11.4 Å². The number of aryl methyl sites for hydroxylation is 2. The number of hydrogen-bond donors (Lipinski definition) is 1. The first-order valence-electron chi connectivity index (χ1n) is 6.56. The summed E-state index contributed by atoms with van der Waals surface area (Å²) in [7, 11) is 0. The summed E-state index contributed by atoms with van der Waals surface area (Å²) in [4.78, 5) is 12.6. The minimum absolute atomic E-state index is 0.401. The van der Waals surface area contributed by atoms with Gasteiger partial charge < -0.3 is 0 Å². The zero-order valence-electron chi connectivity index (χ0n) is 10.9. The van der Waals surface area contributed by atoms with Crippen LogP contribution >= 0.6 is 11.3 Å². The van der Waals surface area contributed by atoms with Crippen molar-refractivity contribution in [3.8, 4) is 0 Å². The molecule has 0 aromatic carbocycles. The van der Waals surface area contributed by atoms with E-state index in [0.29, 0.717) is 6.10 Å². The van der Waals surface area contributed by atoms with Crippen LogP contribution in [0.1, 0.15) is 41.9 Å². The van der Waals surface area contributed by atoms with Crippen molar-refractivity contribution in [2.45, 2.75) is 52.2 Å². The van der Waals surface area contributed by atoms with Crippen molar-refractivity contribution in [2.75, 3.05) is 0 Å². The predicted octanol–water partition coefficient (Wildman–Crippen LogP) is 2.98. The number of rotatable bonds is 4. The Balaban J connectivity index is 1.67. The van der Waals surface area contributed by atoms with E-state index in [0.717, 1.165) is 17.2 Å². The minimum Gasteiger partial charge on any atom is -0.298 e. The van der Waals surface area contributed by atoms with Gasteiger partial charge in [0.05, 0.1) is 24.0 Å². The van der Waals surface area contributed by atoms with Gasteiger partial charge >= 0.3 is 0 Å². The fourth-order valence-corrected chi connectivity index (χ4v) is 3.45. The lowest BCUT2D eigenvalue weighted by molar-refractivity contribution is -0.0250. The van der Waals surface area contributed by atoms with Gasteiger partial charge in [-0.3, -0.25) is 9.24 Å². The fraction of sp³-hybridized carbons (Fsp3) is 0.615. The van der Waals surface area contributed by atoms with Crippen LogP contribution in [0.4, 0.5) is 0 Å². The second-order valence-corrected chi connectivity index (χ2v) is 6.20. The fourth-order valence-electron chi connectivity index (χ4n) is 2.56. The second kappa shape index (κ2) is 4.99. The van der Waals surface area contributed by atoms with Gasteiger partial charge in [-0.05, 0) is 26.7 Å². The van der Waals surface area contributed by atoms with Crippen LogP contribution in [-0.4, -0.2) is 15.5 Å². The van der Waals surface area contributed by atoms with Crippen molar-refractivity contribution in [3.05, 3.63) is 22.5 Å². The van der Waals surface area contributed by atoms with E-state index >= 15 is 0 Å². The quantitative estimate of drug-likeness (QED) is 0.864. The summed E-state index contributed by atoms with van der Waals surface area (Å²) in [5.74, 6) is 0. The lowest BCUT2D eigenvalue weighted by atomic mass is 10.3. The molecule has 18 heavy (non-hydrogen) atoms. The third kappa shape index (κ3) is 2.30. The van der Waals surface area contributed by atoms with Gasteiger partial charge in [0, 0.05) is 11.1 Å². The van der Waals surface area contributed by atoms with E-state index in [1.54, 1.807) is 11.3 Å². The summed E-state index contributed by atoms with van der Waals surface area (Å²) >= 11 is 1.73. The Kier molecular flexibility index (Phi) is 3.37. The van der Waals surface area contributed by atoms with Gasteiger partial charge in [0.15, 0.2) is 4.96 Å². The SMILES string of the molecule is Cc1cn2c(CNOC3CCCC3)c(C)nc2s1. The van der Waals surface area contributed by atoms with Crippen LogP contribution in [0, 0.1) is 13.8 Å². The van der Waals surface area contributed by atoms with Gasteiger partial charge in [-0.1, -0.05) is 12.8 Å². The smallest absolute Gasteiger partial charge is 0.194 e. The number of thiazole rings is 1. The van der Waals surface area contributed by atoms with Gasteiger partial charge in [-0.25, -0.2) is 4.98 Å². The molecule has 1 fully saturated rings. The topological polar surface area (TPSA) is 38.6 Å². The van der Waals surface area contributed by atoms with E-state index in [1.165, 1.54) is 36.3 Å². The van der Waals surface area contributed by atoms with Crippen molar-refractivity contribution in [1.82, 2.24) is 14.9 Å². The molecule has 0 spiro atoms. The van der Waals surface area contributed by atoms with Crippen LogP contribution in [0.2, 0.25) is 0 Å². The van der Waals surface area contributed by atoms with E-state index in [1.807, 2.05) is 0 Å². The molecule has 0 aliphatic heterocycles. The van der Waals surface area contributed by atoms with Crippen LogP contribution < -0.4 is 5.48 Å². The molecule has 0 bridgehead atoms. The first-order chi connectivity index (χ1) is 8.74. The largest absolute Gasteiger partial charge is 0.298 e. The number of nitrogens with zero attached hydrogens (tertiary/aromatic N) is 2. The highest BCUT2D eigenvalue weighted by Crippen LogP contribution is 2.22. The lowest BCUT2D eigenvalue weighted by Crippen LogP contribution is -2.22. The molecule has 98 valence electrons. The summed E-state index contributed by atoms with van der Waals surface area (Å²) in [6, 6.07) is 0. The first-order valence-corrected chi connectivity index (χ1v) is 7.38. The van der Waals surface area contributed by atoms with E-state index in [-0.39, 0.29) is 0 Å². The van der Waals surface area contributed by atoms with Crippen LogP contribution in [0.25, 0.3) is 4.96 Å². The number of hydrogen-bond acceptors (Lipinski definition) is 4. The summed E-state index contributed by atoms with van der Waals surface area (Å²) in [5, 5.41) is 0. The highest BCUT2D eigenvalue weighted by molar-refractivity contribution is 7.17.